The van der Waals surface area contributed by atoms with Gasteiger partial charge in [-0.3, -0.25) is 0 Å². The quantitative estimate of drug-likeness (QED) is 0.637. The van der Waals surface area contributed by atoms with Crippen molar-refractivity contribution in [3.63, 3.8) is 0 Å². The molecule has 0 aliphatic carbocycles. The third-order valence-electron chi connectivity index (χ3n) is 4.08. The third kappa shape index (κ3) is 1.45. The highest BCUT2D eigenvalue weighted by atomic mass is 32.2. The number of aliphatic hydroxyl groups excluding tert-OH is 1. The van der Waals surface area contributed by atoms with E-state index in [1.807, 2.05) is 13.8 Å². The molecule has 1 aromatic rings. The number of hydrogen-bond acceptors (Lipinski definition) is 6. The minimum Gasteiger partial charge on any atom is -0.477 e. The lowest BCUT2D eigenvalue weighted by Crippen LogP contribution is -2.79. The number of carboxylic acid groups (broad SMARTS) is 1. The Morgan fingerprint density at radius 3 is 2.75 bits per heavy atom. The molecule has 1 unspecified atom stereocenters. The first-order chi connectivity index (χ1) is 9.37. The molecule has 2 fully saturated rings. The number of carboxylic acids is 1. The number of β-lactam (4-membered cyclic amide) rings is 1. The largest absolute Gasteiger partial charge is 0.477 e. The second kappa shape index (κ2) is 4.27. The number of aliphatic carboxylic acids is 1. The van der Waals surface area contributed by atoms with Gasteiger partial charge in [-0.15, -0.1) is 0 Å². The van der Waals surface area contributed by atoms with Crippen LogP contribution in [0.4, 0.5) is 5.13 Å². The number of thioether (sulfide) groups is 1. The summed E-state index contributed by atoms with van der Waals surface area (Å²) in [5.41, 5.74) is 0. The first-order valence-electron chi connectivity index (χ1n) is 6.21. The van der Waals surface area contributed by atoms with Crippen molar-refractivity contribution in [2.75, 3.05) is 6.61 Å². The van der Waals surface area contributed by atoms with Gasteiger partial charge in [0.05, 0.1) is 11.4 Å². The van der Waals surface area contributed by atoms with Crippen molar-refractivity contribution in [2.24, 2.45) is 5.92 Å². The standard InChI is InChI=1S/C12H14N2O4S2/c1-12(2)7(10(17)18)14(11-13-3-4-19-11)8(16)6(5-15)9(14)20-12/h3-4,6-7,9,15H,5H2,1-2H3/p+1/t6-,7+,9-,14?/m1/s1. The topological polar surface area (TPSA) is 87.5 Å². The van der Waals surface area contributed by atoms with Gasteiger partial charge in [0, 0.05) is 11.6 Å². The Morgan fingerprint density at radius 1 is 1.55 bits per heavy atom. The molecule has 0 saturated carbocycles. The minimum atomic E-state index is -0.995. The SMILES string of the molecule is CC1(C)S[C@@H]2[C@H](CO)C(=O)[N+]2(c2nccs2)[C@H]1C(=O)O. The average Bonchev–Trinajstić information content (AvgIpc) is 2.93. The van der Waals surface area contributed by atoms with Gasteiger partial charge in [-0.2, -0.15) is 9.47 Å². The predicted octanol–water partition coefficient (Wildman–Crippen LogP) is 0.904. The molecule has 108 valence electrons. The zero-order valence-corrected chi connectivity index (χ0v) is 12.6. The lowest BCUT2D eigenvalue weighted by molar-refractivity contribution is -0.163. The highest BCUT2D eigenvalue weighted by molar-refractivity contribution is 8.01. The number of carbonyl (C=O) groups is 2. The van der Waals surface area contributed by atoms with Crippen LogP contribution in [0.15, 0.2) is 11.6 Å². The van der Waals surface area contributed by atoms with E-state index in [-0.39, 0.29) is 22.4 Å². The van der Waals surface area contributed by atoms with Gasteiger partial charge in [0.15, 0.2) is 11.3 Å². The molecule has 0 spiro atoms. The summed E-state index contributed by atoms with van der Waals surface area (Å²) in [5.74, 6) is -1.74. The summed E-state index contributed by atoms with van der Waals surface area (Å²) in [7, 11) is 0. The number of thiazole rings is 1. The van der Waals surface area contributed by atoms with Crippen LogP contribution in [-0.4, -0.2) is 49.8 Å². The molecule has 6 nitrogen and oxygen atoms in total. The van der Waals surface area contributed by atoms with Gasteiger partial charge in [-0.05, 0) is 13.8 Å². The van der Waals surface area contributed by atoms with Crippen molar-refractivity contribution in [3.8, 4) is 0 Å². The molecule has 2 saturated heterocycles. The highest BCUT2D eigenvalue weighted by Crippen LogP contribution is 2.60. The summed E-state index contributed by atoms with van der Waals surface area (Å²) in [6, 6.07) is -0.876. The number of rotatable bonds is 3. The fourth-order valence-electron chi connectivity index (χ4n) is 3.38. The molecule has 2 N–H and O–H groups in total. The summed E-state index contributed by atoms with van der Waals surface area (Å²) in [6.07, 6.45) is 1.58. The van der Waals surface area contributed by atoms with E-state index in [2.05, 4.69) is 4.98 Å². The van der Waals surface area contributed by atoms with Crippen molar-refractivity contribution < 1.29 is 19.8 Å². The number of nitrogens with zero attached hydrogens (tertiary/aromatic N) is 2. The molecule has 8 heteroatoms. The molecule has 2 aliphatic rings. The lowest BCUT2D eigenvalue weighted by Gasteiger charge is -2.48. The molecule has 1 aromatic heterocycles. The summed E-state index contributed by atoms with van der Waals surface area (Å²) in [4.78, 5) is 28.6. The normalized spacial score (nSPS) is 38.4. The minimum absolute atomic E-state index is 0.238. The number of fused-ring (bicyclic) bond motifs is 1. The van der Waals surface area contributed by atoms with Gasteiger partial charge in [0.1, 0.15) is 0 Å². The number of aromatic nitrogens is 1. The summed E-state index contributed by atoms with van der Waals surface area (Å²) >= 11 is 2.76. The van der Waals surface area contributed by atoms with E-state index in [0.29, 0.717) is 5.13 Å². The molecule has 20 heavy (non-hydrogen) atoms. The summed E-state index contributed by atoms with van der Waals surface area (Å²) in [5, 5.41) is 21.0. The monoisotopic (exact) mass is 315 g/mol. The molecule has 0 aromatic carbocycles. The second-order valence-electron chi connectivity index (χ2n) is 5.57. The van der Waals surface area contributed by atoms with Crippen LogP contribution < -0.4 is 4.48 Å². The van der Waals surface area contributed by atoms with Crippen molar-refractivity contribution >= 4 is 40.1 Å². The lowest BCUT2D eigenvalue weighted by atomic mass is 9.88. The Bertz CT molecular complexity index is 574. The highest BCUT2D eigenvalue weighted by Gasteiger charge is 2.79. The Morgan fingerprint density at radius 2 is 2.25 bits per heavy atom. The van der Waals surface area contributed by atoms with Crippen LogP contribution in [0.2, 0.25) is 0 Å². The fraction of sp³-hybridized carbons (Fsp3) is 0.583. The Hall–Kier alpha value is -0.960. The molecule has 3 rings (SSSR count). The van der Waals surface area contributed by atoms with E-state index >= 15 is 0 Å². The maximum atomic E-state index is 12.6. The van der Waals surface area contributed by atoms with Gasteiger partial charge >= 0.3 is 11.9 Å². The summed E-state index contributed by atoms with van der Waals surface area (Å²) < 4.78 is -0.850. The average molecular weight is 315 g/mol. The van der Waals surface area contributed by atoms with Crippen LogP contribution in [0.1, 0.15) is 13.8 Å². The first-order valence-corrected chi connectivity index (χ1v) is 7.97. The van der Waals surface area contributed by atoms with Crippen LogP contribution in [0.25, 0.3) is 0 Å². The first kappa shape index (κ1) is 14.0. The number of hydrogen-bond donors (Lipinski definition) is 2. The number of amides is 1. The van der Waals surface area contributed by atoms with E-state index in [0.717, 1.165) is 0 Å². The van der Waals surface area contributed by atoms with Crippen LogP contribution >= 0.6 is 23.1 Å². The molecule has 4 atom stereocenters. The van der Waals surface area contributed by atoms with E-state index in [4.69, 9.17) is 0 Å². The van der Waals surface area contributed by atoms with E-state index in [1.54, 1.807) is 11.6 Å². The third-order valence-corrected chi connectivity index (χ3v) is 6.69. The van der Waals surface area contributed by atoms with Gasteiger partial charge in [0.25, 0.3) is 5.13 Å². The van der Waals surface area contributed by atoms with Gasteiger partial charge < -0.3 is 10.2 Å². The van der Waals surface area contributed by atoms with Crippen molar-refractivity contribution in [2.45, 2.75) is 30.0 Å². The maximum absolute atomic E-state index is 12.6. The molecule has 2 aliphatic heterocycles. The van der Waals surface area contributed by atoms with Gasteiger partial charge in [-0.25, -0.2) is 9.59 Å². The molecule has 0 radical (unpaired) electrons. The Kier molecular flexibility index (Phi) is 2.99. The molecular weight excluding hydrogens is 300 g/mol. The van der Waals surface area contributed by atoms with Gasteiger partial charge in [0.2, 0.25) is 6.04 Å². The van der Waals surface area contributed by atoms with E-state index < -0.39 is 22.7 Å². The molecule has 0 bridgehead atoms. The fourth-order valence-corrected chi connectivity index (χ4v) is 6.17. The van der Waals surface area contributed by atoms with Crippen molar-refractivity contribution in [1.82, 2.24) is 9.47 Å². The molecule has 3 heterocycles. The van der Waals surface area contributed by atoms with Crippen molar-refractivity contribution in [1.29, 1.82) is 0 Å². The van der Waals surface area contributed by atoms with Crippen LogP contribution in [0.5, 0.6) is 0 Å². The number of carbonyl (C=O) groups excluding carboxylic acids is 1. The number of aliphatic hydroxyl groups is 1. The Labute approximate surface area is 124 Å². The van der Waals surface area contributed by atoms with Crippen LogP contribution in [0, 0.1) is 5.92 Å². The number of quaternary nitrogens is 1. The van der Waals surface area contributed by atoms with Crippen molar-refractivity contribution in [3.05, 3.63) is 11.6 Å². The smallest absolute Gasteiger partial charge is 0.365 e. The molecular formula is C12H15N2O4S2+. The zero-order valence-electron chi connectivity index (χ0n) is 11.0. The predicted molar refractivity (Wildman–Crippen MR) is 76.4 cm³/mol. The maximum Gasteiger partial charge on any atom is 0.365 e. The van der Waals surface area contributed by atoms with Crippen LogP contribution in [-0.2, 0) is 9.59 Å². The second-order valence-corrected chi connectivity index (χ2v) is 8.22. The Balaban J connectivity index is 2.19. The molecule has 1 amide bonds. The van der Waals surface area contributed by atoms with Gasteiger partial charge in [-0.1, -0.05) is 23.1 Å². The van der Waals surface area contributed by atoms with Crippen LogP contribution in [0.3, 0.4) is 0 Å². The van der Waals surface area contributed by atoms with E-state index in [9.17, 15) is 19.8 Å². The summed E-state index contributed by atoms with van der Waals surface area (Å²) in [6.45, 7) is 3.43. The zero-order chi connectivity index (χ0) is 14.7. The van der Waals surface area contributed by atoms with E-state index in [1.165, 1.54) is 23.1 Å².